The van der Waals surface area contributed by atoms with Crippen LogP contribution in [0.4, 0.5) is 0 Å². The van der Waals surface area contributed by atoms with Crippen LogP contribution in [0.3, 0.4) is 0 Å². The summed E-state index contributed by atoms with van der Waals surface area (Å²) in [6.45, 7) is -1.74. The van der Waals surface area contributed by atoms with E-state index in [1.807, 2.05) is 0 Å². The van der Waals surface area contributed by atoms with E-state index in [-0.39, 0.29) is 0 Å². The molecule has 2 rings (SSSR count). The van der Waals surface area contributed by atoms with Crippen molar-refractivity contribution in [1.82, 2.24) is 0 Å². The lowest BCUT2D eigenvalue weighted by molar-refractivity contribution is -0.317. The third-order valence-electron chi connectivity index (χ3n) is 4.44. The Bertz CT molecular complexity index is 408. The number of hydrogen-bond donors (Lipinski definition) is 9. The molecular weight excluding hydrogens is 320 g/mol. The molecule has 0 aromatic heterocycles. The first kappa shape index (κ1) is 18.9. The van der Waals surface area contributed by atoms with E-state index in [1.54, 1.807) is 0 Å². The predicted octanol–water partition coefficient (Wildman–Crippen LogP) is -6.01. The van der Waals surface area contributed by atoms with Crippen molar-refractivity contribution in [2.24, 2.45) is 0 Å². The highest BCUT2D eigenvalue weighted by molar-refractivity contribution is 5.10. The van der Waals surface area contributed by atoms with E-state index in [0.29, 0.717) is 0 Å². The van der Waals surface area contributed by atoms with Gasteiger partial charge in [0, 0.05) is 0 Å². The highest BCUT2D eigenvalue weighted by Crippen LogP contribution is 2.38. The van der Waals surface area contributed by atoms with Gasteiger partial charge in [0.25, 0.3) is 0 Å². The minimum Gasteiger partial charge on any atom is -0.394 e. The van der Waals surface area contributed by atoms with E-state index in [0.717, 1.165) is 0 Å². The van der Waals surface area contributed by atoms with Crippen LogP contribution in [-0.4, -0.2) is 120 Å². The number of aliphatic hydroxyl groups is 9. The van der Waals surface area contributed by atoms with Crippen LogP contribution in [0.5, 0.6) is 0 Å². The smallest absolute Gasteiger partial charge is 0.184 e. The number of hydrogen-bond acceptors (Lipinski definition) is 11. The van der Waals surface area contributed by atoms with E-state index in [1.165, 1.54) is 0 Å². The fraction of sp³-hybridized carbons (Fsp3) is 1.00. The summed E-state index contributed by atoms with van der Waals surface area (Å²) < 4.78 is 10.00. The SMILES string of the molecule is OC[C@H]1O[C@](CO)(C(O)[C@H]2OC(O)[C@H](O)[C@@H](O)[C@@H]2O)[C@@H](O)[C@@H]1O. The predicted molar refractivity (Wildman–Crippen MR) is 68.7 cm³/mol. The van der Waals surface area contributed by atoms with Crippen LogP contribution >= 0.6 is 0 Å². The van der Waals surface area contributed by atoms with Crippen molar-refractivity contribution < 1.29 is 55.4 Å². The van der Waals surface area contributed by atoms with Crippen molar-refractivity contribution in [2.45, 2.75) is 60.7 Å². The van der Waals surface area contributed by atoms with Gasteiger partial charge in [0.05, 0.1) is 13.2 Å². The van der Waals surface area contributed by atoms with Gasteiger partial charge in [-0.1, -0.05) is 0 Å². The molecule has 2 aliphatic heterocycles. The van der Waals surface area contributed by atoms with Gasteiger partial charge in [-0.25, -0.2) is 0 Å². The third kappa shape index (κ3) is 2.88. The van der Waals surface area contributed by atoms with Crippen molar-refractivity contribution >= 4 is 0 Å². The van der Waals surface area contributed by atoms with Crippen LogP contribution in [-0.2, 0) is 9.47 Å². The van der Waals surface area contributed by atoms with Gasteiger partial charge in [-0.05, 0) is 0 Å². The Morgan fingerprint density at radius 2 is 1.48 bits per heavy atom. The van der Waals surface area contributed by atoms with Gasteiger partial charge in [-0.3, -0.25) is 0 Å². The largest absolute Gasteiger partial charge is 0.394 e. The molecule has 136 valence electrons. The average molecular weight is 342 g/mol. The van der Waals surface area contributed by atoms with Crippen LogP contribution in [0, 0.1) is 0 Å². The Hall–Kier alpha value is -0.440. The summed E-state index contributed by atoms with van der Waals surface area (Å²) in [7, 11) is 0. The van der Waals surface area contributed by atoms with Gasteiger partial charge in [-0.2, -0.15) is 0 Å². The maximum Gasteiger partial charge on any atom is 0.184 e. The fourth-order valence-corrected chi connectivity index (χ4v) is 2.95. The van der Waals surface area contributed by atoms with Gasteiger partial charge in [-0.15, -0.1) is 0 Å². The topological polar surface area (TPSA) is 201 Å². The first-order valence-electron chi connectivity index (χ1n) is 7.02. The van der Waals surface area contributed by atoms with Gasteiger partial charge in [0.2, 0.25) is 0 Å². The molecule has 23 heavy (non-hydrogen) atoms. The minimum absolute atomic E-state index is 0.718. The van der Waals surface area contributed by atoms with Crippen molar-refractivity contribution in [3.05, 3.63) is 0 Å². The lowest BCUT2D eigenvalue weighted by atomic mass is 9.82. The second-order valence-electron chi connectivity index (χ2n) is 5.80. The van der Waals surface area contributed by atoms with Crippen molar-refractivity contribution in [3.63, 3.8) is 0 Å². The zero-order chi connectivity index (χ0) is 17.5. The molecule has 2 unspecified atom stereocenters. The second-order valence-corrected chi connectivity index (χ2v) is 5.80. The fourth-order valence-electron chi connectivity index (χ4n) is 2.95. The van der Waals surface area contributed by atoms with Crippen LogP contribution in [0.1, 0.15) is 0 Å². The zero-order valence-corrected chi connectivity index (χ0v) is 12.0. The Balaban J connectivity index is 2.28. The second kappa shape index (κ2) is 6.82. The van der Waals surface area contributed by atoms with E-state index < -0.39 is 73.9 Å². The number of ether oxygens (including phenoxy) is 2. The molecule has 0 saturated carbocycles. The zero-order valence-electron chi connectivity index (χ0n) is 12.0. The van der Waals surface area contributed by atoms with Gasteiger partial charge in [0.1, 0.15) is 54.4 Å². The Labute approximate surface area is 130 Å². The molecular formula is C12H22O11. The summed E-state index contributed by atoms with van der Waals surface area (Å²) in [6.07, 6.45) is -16.1. The summed E-state index contributed by atoms with van der Waals surface area (Å²) in [5.41, 5.74) is -2.24. The molecule has 10 atom stereocenters. The Morgan fingerprint density at radius 1 is 0.870 bits per heavy atom. The molecule has 2 aliphatic rings. The standard InChI is InChI=1S/C12H22O11/c13-1-3-4(15)9(19)12(2-14,23-3)10(20)8-6(17)5(16)7(18)11(21)22-8/h3-11,13-21H,1-2H2/t3-,4-,5+,6+,7-,8+,9+,10?,11?,12+/m1/s1. The Kier molecular flexibility index (Phi) is 5.60. The lowest BCUT2D eigenvalue weighted by Crippen LogP contribution is -2.67. The first-order valence-corrected chi connectivity index (χ1v) is 7.02. The number of aliphatic hydroxyl groups excluding tert-OH is 9. The maximum absolute atomic E-state index is 10.4. The van der Waals surface area contributed by atoms with Gasteiger partial charge < -0.3 is 55.4 Å². The first-order chi connectivity index (χ1) is 10.7. The van der Waals surface area contributed by atoms with Crippen molar-refractivity contribution in [1.29, 1.82) is 0 Å². The number of rotatable bonds is 4. The molecule has 0 aromatic rings. The molecule has 11 heteroatoms. The minimum atomic E-state index is -2.24. The monoisotopic (exact) mass is 342 g/mol. The van der Waals surface area contributed by atoms with E-state index >= 15 is 0 Å². The summed E-state index contributed by atoms with van der Waals surface area (Å²) in [5, 5.41) is 87.3. The average Bonchev–Trinajstić information content (AvgIpc) is 2.80. The van der Waals surface area contributed by atoms with Crippen molar-refractivity contribution in [3.8, 4) is 0 Å². The molecule has 11 nitrogen and oxygen atoms in total. The Morgan fingerprint density at radius 3 is 1.96 bits per heavy atom. The van der Waals surface area contributed by atoms with E-state index in [2.05, 4.69) is 0 Å². The van der Waals surface area contributed by atoms with Gasteiger partial charge in [0.15, 0.2) is 6.29 Å². The highest BCUT2D eigenvalue weighted by atomic mass is 16.6. The highest BCUT2D eigenvalue weighted by Gasteiger charge is 2.62. The summed E-state index contributed by atoms with van der Waals surface area (Å²) in [6, 6.07) is 0. The molecule has 9 N–H and O–H groups in total. The van der Waals surface area contributed by atoms with E-state index in [4.69, 9.17) is 14.6 Å². The molecule has 0 amide bonds. The normalized spacial score (nSPS) is 52.6. The molecule has 2 saturated heterocycles. The molecule has 2 heterocycles. The molecule has 0 bridgehead atoms. The van der Waals surface area contributed by atoms with E-state index in [9.17, 15) is 40.9 Å². The van der Waals surface area contributed by atoms with Crippen LogP contribution in [0.15, 0.2) is 0 Å². The van der Waals surface area contributed by atoms with Crippen molar-refractivity contribution in [2.75, 3.05) is 13.2 Å². The molecule has 0 radical (unpaired) electrons. The molecule has 0 aliphatic carbocycles. The summed E-state index contributed by atoms with van der Waals surface area (Å²) in [4.78, 5) is 0. The lowest BCUT2D eigenvalue weighted by Gasteiger charge is -2.45. The summed E-state index contributed by atoms with van der Waals surface area (Å²) in [5.74, 6) is 0. The molecule has 0 aromatic carbocycles. The maximum atomic E-state index is 10.4. The van der Waals surface area contributed by atoms with Gasteiger partial charge >= 0.3 is 0 Å². The third-order valence-corrected chi connectivity index (χ3v) is 4.44. The molecule has 0 spiro atoms. The quantitative estimate of drug-likeness (QED) is 0.235. The summed E-state index contributed by atoms with van der Waals surface area (Å²) >= 11 is 0. The molecule has 2 fully saturated rings. The van der Waals surface area contributed by atoms with Crippen LogP contribution in [0.2, 0.25) is 0 Å². The van der Waals surface area contributed by atoms with Crippen LogP contribution in [0.25, 0.3) is 0 Å². The van der Waals surface area contributed by atoms with Crippen LogP contribution < -0.4 is 0 Å².